The molecule has 0 saturated carbocycles. The van der Waals surface area contributed by atoms with Crippen LogP contribution in [0.15, 0.2) is 0 Å². The van der Waals surface area contributed by atoms with Crippen LogP contribution in [0.4, 0.5) is 0 Å². The molecule has 0 aromatic rings. The Balaban J connectivity index is 2.73. The Morgan fingerprint density at radius 1 is 1.50 bits per heavy atom. The molecule has 0 aliphatic carbocycles. The first-order chi connectivity index (χ1) is 6.46. The minimum Gasteiger partial charge on any atom is -0.393 e. The van der Waals surface area contributed by atoms with E-state index >= 15 is 0 Å². The van der Waals surface area contributed by atoms with Crippen LogP contribution in [0.25, 0.3) is 0 Å². The maximum atomic E-state index is 11.9. The summed E-state index contributed by atoms with van der Waals surface area (Å²) in [4.78, 5) is 0. The van der Waals surface area contributed by atoms with E-state index in [2.05, 4.69) is 13.8 Å². The second-order valence-corrected chi connectivity index (χ2v) is 8.38. The summed E-state index contributed by atoms with van der Waals surface area (Å²) in [5, 5.41) is 9.94. The van der Waals surface area contributed by atoms with Gasteiger partial charge >= 0.3 is 0 Å². The summed E-state index contributed by atoms with van der Waals surface area (Å²) in [6, 6.07) is 0. The molecule has 2 nitrogen and oxygen atoms in total. The van der Waals surface area contributed by atoms with Gasteiger partial charge in [0.15, 0.2) is 0 Å². The Morgan fingerprint density at radius 3 is 2.50 bits per heavy atom. The molecule has 84 valence electrons. The molecule has 0 bridgehead atoms. The monoisotopic (exact) mass is 236 g/mol. The van der Waals surface area contributed by atoms with Crippen molar-refractivity contribution in [3.63, 3.8) is 0 Å². The van der Waals surface area contributed by atoms with Crippen LogP contribution in [0.5, 0.6) is 0 Å². The smallest absolute Gasteiger partial charge is 0.0935 e. The Kier molecular flexibility index (Phi) is 4.47. The largest absolute Gasteiger partial charge is 0.393 e. The van der Waals surface area contributed by atoms with Gasteiger partial charge in [-0.3, -0.25) is 4.21 Å². The first kappa shape index (κ1) is 12.5. The number of rotatable bonds is 4. The fraction of sp³-hybridized carbons (Fsp3) is 1.00. The van der Waals surface area contributed by atoms with E-state index in [4.69, 9.17) is 0 Å². The van der Waals surface area contributed by atoms with Crippen molar-refractivity contribution in [1.29, 1.82) is 0 Å². The van der Waals surface area contributed by atoms with Crippen LogP contribution in [-0.4, -0.2) is 30.5 Å². The van der Waals surface area contributed by atoms with E-state index in [1.807, 2.05) is 0 Å². The lowest BCUT2D eigenvalue weighted by molar-refractivity contribution is 0.179. The lowest BCUT2D eigenvalue weighted by atomic mass is 10.1. The van der Waals surface area contributed by atoms with Crippen molar-refractivity contribution in [2.75, 3.05) is 5.75 Å². The molecule has 1 heterocycles. The van der Waals surface area contributed by atoms with Gasteiger partial charge in [0.2, 0.25) is 0 Å². The zero-order chi connectivity index (χ0) is 10.8. The number of aliphatic hydroxyl groups excluding tert-OH is 1. The standard InChI is InChI=1S/C10H20O2S2/c1-8(2)13-10(7-9(3)11)5-4-6-14(10)12/h8-9,11H,4-7H2,1-3H3/t9-,10+,14+/m0/s1. The molecule has 1 N–H and O–H groups in total. The highest BCUT2D eigenvalue weighted by Gasteiger charge is 2.42. The van der Waals surface area contributed by atoms with Crippen LogP contribution in [0.3, 0.4) is 0 Å². The van der Waals surface area contributed by atoms with Gasteiger partial charge < -0.3 is 5.11 Å². The van der Waals surface area contributed by atoms with Gasteiger partial charge in [-0.15, -0.1) is 11.8 Å². The zero-order valence-corrected chi connectivity index (χ0v) is 10.8. The fourth-order valence-corrected chi connectivity index (χ4v) is 6.30. The van der Waals surface area contributed by atoms with Crippen molar-refractivity contribution in [1.82, 2.24) is 0 Å². The summed E-state index contributed by atoms with van der Waals surface area (Å²) < 4.78 is 11.8. The molecular weight excluding hydrogens is 216 g/mol. The summed E-state index contributed by atoms with van der Waals surface area (Å²) in [5.41, 5.74) is 0. The molecule has 14 heavy (non-hydrogen) atoms. The Bertz CT molecular complexity index is 204. The number of hydrogen-bond acceptors (Lipinski definition) is 3. The van der Waals surface area contributed by atoms with E-state index in [1.54, 1.807) is 18.7 Å². The van der Waals surface area contributed by atoms with Crippen molar-refractivity contribution >= 4 is 22.6 Å². The van der Waals surface area contributed by atoms with Crippen LogP contribution >= 0.6 is 11.8 Å². The van der Waals surface area contributed by atoms with Crippen molar-refractivity contribution in [2.45, 2.75) is 55.5 Å². The van der Waals surface area contributed by atoms with Crippen LogP contribution < -0.4 is 0 Å². The van der Waals surface area contributed by atoms with E-state index in [1.165, 1.54) is 0 Å². The van der Waals surface area contributed by atoms with Gasteiger partial charge in [-0.25, -0.2) is 0 Å². The molecule has 0 aromatic carbocycles. The van der Waals surface area contributed by atoms with E-state index < -0.39 is 10.8 Å². The van der Waals surface area contributed by atoms with Gasteiger partial charge in [-0.05, 0) is 26.2 Å². The minimum absolute atomic E-state index is 0.164. The Labute approximate surface area is 93.3 Å². The van der Waals surface area contributed by atoms with Crippen molar-refractivity contribution < 1.29 is 9.32 Å². The van der Waals surface area contributed by atoms with Crippen LogP contribution in [0.1, 0.15) is 40.0 Å². The first-order valence-corrected chi connectivity index (χ1v) is 7.40. The number of thioether (sulfide) groups is 1. The Hall–Kier alpha value is 0.460. The van der Waals surface area contributed by atoms with Crippen LogP contribution in [0.2, 0.25) is 0 Å². The Morgan fingerprint density at radius 2 is 2.14 bits per heavy atom. The molecule has 4 heteroatoms. The lowest BCUT2D eigenvalue weighted by Crippen LogP contribution is -2.32. The zero-order valence-electron chi connectivity index (χ0n) is 9.16. The molecule has 3 atom stereocenters. The van der Waals surface area contributed by atoms with Gasteiger partial charge in [0, 0.05) is 21.8 Å². The van der Waals surface area contributed by atoms with E-state index in [0.29, 0.717) is 11.7 Å². The van der Waals surface area contributed by atoms with Gasteiger partial charge in [0.1, 0.15) is 0 Å². The van der Waals surface area contributed by atoms with Crippen molar-refractivity contribution in [2.24, 2.45) is 0 Å². The highest BCUT2D eigenvalue weighted by atomic mass is 32.2. The first-order valence-electron chi connectivity index (χ1n) is 5.20. The summed E-state index contributed by atoms with van der Waals surface area (Å²) >= 11 is 1.79. The molecule has 0 spiro atoms. The van der Waals surface area contributed by atoms with Crippen molar-refractivity contribution in [3.05, 3.63) is 0 Å². The second-order valence-electron chi connectivity index (χ2n) is 4.28. The maximum absolute atomic E-state index is 11.9. The summed E-state index contributed by atoms with van der Waals surface area (Å²) in [5.74, 6) is 0.812. The highest BCUT2D eigenvalue weighted by Crippen LogP contribution is 2.45. The maximum Gasteiger partial charge on any atom is 0.0935 e. The average Bonchev–Trinajstić information content (AvgIpc) is 2.29. The van der Waals surface area contributed by atoms with Gasteiger partial charge in [0.25, 0.3) is 0 Å². The van der Waals surface area contributed by atoms with Crippen LogP contribution in [0, 0.1) is 0 Å². The normalized spacial score (nSPS) is 35.1. The molecule has 1 aliphatic heterocycles. The summed E-state index contributed by atoms with van der Waals surface area (Å²) in [6.07, 6.45) is 2.36. The lowest BCUT2D eigenvalue weighted by Gasteiger charge is -2.30. The molecule has 0 aromatic heterocycles. The fourth-order valence-electron chi connectivity index (χ4n) is 2.01. The topological polar surface area (TPSA) is 37.3 Å². The van der Waals surface area contributed by atoms with E-state index in [0.717, 1.165) is 18.6 Å². The molecule has 0 unspecified atom stereocenters. The molecule has 1 saturated heterocycles. The molecule has 1 rings (SSSR count). The SMILES string of the molecule is CC(C)S[C@]1(C[C@H](C)O)CCC[S@]1=O. The van der Waals surface area contributed by atoms with Gasteiger partial charge in [0.05, 0.1) is 10.2 Å². The molecule has 1 aliphatic rings. The number of aliphatic hydroxyl groups is 1. The third-order valence-corrected chi connectivity index (χ3v) is 6.34. The third kappa shape index (κ3) is 2.97. The highest BCUT2D eigenvalue weighted by molar-refractivity contribution is 8.13. The predicted octanol–water partition coefficient (Wildman–Crippen LogP) is 2.14. The van der Waals surface area contributed by atoms with Gasteiger partial charge in [-0.1, -0.05) is 13.8 Å². The molecule has 0 radical (unpaired) electrons. The minimum atomic E-state index is -0.757. The summed E-state index contributed by atoms with van der Waals surface area (Å²) in [6.45, 7) is 6.05. The quantitative estimate of drug-likeness (QED) is 0.812. The molecule has 0 amide bonds. The van der Waals surface area contributed by atoms with Crippen LogP contribution in [-0.2, 0) is 10.8 Å². The van der Waals surface area contributed by atoms with Crippen molar-refractivity contribution in [3.8, 4) is 0 Å². The third-order valence-electron chi connectivity index (χ3n) is 2.36. The predicted molar refractivity (Wildman–Crippen MR) is 64.0 cm³/mol. The molecular formula is C10H20O2S2. The van der Waals surface area contributed by atoms with E-state index in [9.17, 15) is 9.32 Å². The van der Waals surface area contributed by atoms with Gasteiger partial charge in [-0.2, -0.15) is 0 Å². The number of hydrogen-bond donors (Lipinski definition) is 1. The van der Waals surface area contributed by atoms with E-state index in [-0.39, 0.29) is 10.2 Å². The second kappa shape index (κ2) is 4.99. The summed E-state index contributed by atoms with van der Waals surface area (Å²) in [7, 11) is -0.757. The average molecular weight is 236 g/mol. The molecule has 1 fully saturated rings.